The van der Waals surface area contributed by atoms with Gasteiger partial charge < -0.3 is 20.1 Å². The molecular weight excluding hydrogens is 380 g/mol. The smallest absolute Gasteiger partial charge is 0.253 e. The van der Waals surface area contributed by atoms with Gasteiger partial charge in [0.05, 0.1) is 14.2 Å². The summed E-state index contributed by atoms with van der Waals surface area (Å²) in [5, 5.41) is 6.14. The lowest BCUT2D eigenvalue weighted by atomic mass is 9.86. The predicted molar refractivity (Wildman–Crippen MR) is 108 cm³/mol. The van der Waals surface area contributed by atoms with Crippen molar-refractivity contribution in [1.82, 2.24) is 5.32 Å². The highest BCUT2D eigenvalue weighted by atomic mass is 35.5. The maximum atomic E-state index is 13.0. The molecule has 146 valence electrons. The normalized spacial score (nSPS) is 16.1. The lowest BCUT2D eigenvalue weighted by molar-refractivity contribution is -0.121. The molecule has 2 amide bonds. The molecule has 0 spiro atoms. The molecule has 1 aliphatic heterocycles. The van der Waals surface area contributed by atoms with E-state index in [2.05, 4.69) is 10.6 Å². The average molecular weight is 401 g/mol. The second-order valence-corrected chi connectivity index (χ2v) is 6.89. The highest BCUT2D eigenvalue weighted by Crippen LogP contribution is 2.35. The van der Waals surface area contributed by atoms with Crippen molar-refractivity contribution in [3.63, 3.8) is 0 Å². The second kappa shape index (κ2) is 8.35. The summed E-state index contributed by atoms with van der Waals surface area (Å²) in [6, 6.07) is 10.7. The molecule has 0 fully saturated rings. The van der Waals surface area contributed by atoms with E-state index in [0.29, 0.717) is 27.8 Å². The van der Waals surface area contributed by atoms with E-state index >= 15 is 0 Å². The molecule has 0 saturated carbocycles. The minimum atomic E-state index is -0.355. The van der Waals surface area contributed by atoms with Gasteiger partial charge in [-0.15, -0.1) is 0 Å². The third-order valence-corrected chi connectivity index (χ3v) is 4.92. The molecule has 6 nitrogen and oxygen atoms in total. The molecule has 0 bridgehead atoms. The molecule has 28 heavy (non-hydrogen) atoms. The van der Waals surface area contributed by atoms with E-state index in [1.165, 1.54) is 13.3 Å². The van der Waals surface area contributed by atoms with Gasteiger partial charge in [0.25, 0.3) is 5.91 Å². The molecule has 2 aromatic rings. The Bertz CT molecular complexity index is 938. The first-order chi connectivity index (χ1) is 13.4. The summed E-state index contributed by atoms with van der Waals surface area (Å²) < 4.78 is 10.6. The molecule has 2 N–H and O–H groups in total. The Morgan fingerprint density at radius 3 is 2.43 bits per heavy atom. The van der Waals surface area contributed by atoms with Crippen molar-refractivity contribution in [1.29, 1.82) is 0 Å². The van der Waals surface area contributed by atoms with E-state index in [0.717, 1.165) is 11.1 Å². The van der Waals surface area contributed by atoms with Crippen molar-refractivity contribution in [3.8, 4) is 11.5 Å². The van der Waals surface area contributed by atoms with E-state index in [4.69, 9.17) is 21.1 Å². The van der Waals surface area contributed by atoms with Crippen LogP contribution >= 0.6 is 11.6 Å². The van der Waals surface area contributed by atoms with Crippen LogP contribution in [0.3, 0.4) is 0 Å². The minimum Gasteiger partial charge on any atom is -0.493 e. The van der Waals surface area contributed by atoms with Crippen LogP contribution in [0.15, 0.2) is 48.2 Å². The van der Waals surface area contributed by atoms with Gasteiger partial charge in [-0.25, -0.2) is 0 Å². The SMILES string of the molecule is COc1cc(C)c(NC(=O)C2=CNC(=O)C[C@H]2c2ccc(Cl)cc2)cc1OC. The molecule has 1 atom stereocenters. The zero-order chi connectivity index (χ0) is 20.3. The second-order valence-electron chi connectivity index (χ2n) is 6.45. The molecule has 1 aliphatic rings. The third-order valence-electron chi connectivity index (χ3n) is 4.67. The van der Waals surface area contributed by atoms with E-state index in [9.17, 15) is 9.59 Å². The molecule has 7 heteroatoms. The Morgan fingerprint density at radius 2 is 1.79 bits per heavy atom. The number of carbonyl (C=O) groups excluding carboxylic acids is 2. The topological polar surface area (TPSA) is 76.7 Å². The third kappa shape index (κ3) is 4.12. The number of ether oxygens (including phenoxy) is 2. The Kier molecular flexibility index (Phi) is 5.90. The number of benzene rings is 2. The number of hydrogen-bond donors (Lipinski definition) is 2. The molecular formula is C21H21ClN2O4. The standard InChI is InChI=1S/C21H21ClN2O4/c1-12-8-18(27-2)19(28-3)10-17(12)24-21(26)16-11-23-20(25)9-15(16)13-4-6-14(22)7-5-13/h4-8,10-11,15H,9H2,1-3H3,(H,23,25)(H,24,26)/t15-/m0/s1. The minimum absolute atomic E-state index is 0.140. The number of hydrogen-bond acceptors (Lipinski definition) is 4. The van der Waals surface area contributed by atoms with Gasteiger partial charge in [0.15, 0.2) is 11.5 Å². The number of carbonyl (C=O) groups is 2. The first-order valence-corrected chi connectivity index (χ1v) is 9.09. The van der Waals surface area contributed by atoms with E-state index < -0.39 is 0 Å². The van der Waals surface area contributed by atoms with Gasteiger partial charge in [-0.05, 0) is 36.2 Å². The molecule has 0 radical (unpaired) electrons. The zero-order valence-corrected chi connectivity index (χ0v) is 16.6. The van der Waals surface area contributed by atoms with Crippen LogP contribution in [0.5, 0.6) is 11.5 Å². The number of methoxy groups -OCH3 is 2. The zero-order valence-electron chi connectivity index (χ0n) is 15.8. The Labute approximate surface area is 168 Å². The van der Waals surface area contributed by atoms with Crippen molar-refractivity contribution in [3.05, 3.63) is 64.3 Å². The first kappa shape index (κ1) is 19.8. The summed E-state index contributed by atoms with van der Waals surface area (Å²) >= 11 is 5.96. The maximum absolute atomic E-state index is 13.0. The van der Waals surface area contributed by atoms with E-state index in [1.54, 1.807) is 31.4 Å². The van der Waals surface area contributed by atoms with Crippen molar-refractivity contribution in [2.75, 3.05) is 19.5 Å². The quantitative estimate of drug-likeness (QED) is 0.800. The largest absolute Gasteiger partial charge is 0.493 e. The molecule has 0 saturated heterocycles. The molecule has 0 aromatic heterocycles. The maximum Gasteiger partial charge on any atom is 0.253 e. The summed E-state index contributed by atoms with van der Waals surface area (Å²) in [5.74, 6) is 0.310. The average Bonchev–Trinajstić information content (AvgIpc) is 2.69. The van der Waals surface area contributed by atoms with Crippen LogP contribution in [-0.4, -0.2) is 26.0 Å². The van der Waals surface area contributed by atoms with Gasteiger partial charge in [-0.1, -0.05) is 23.7 Å². The lowest BCUT2D eigenvalue weighted by Crippen LogP contribution is -2.32. The van der Waals surface area contributed by atoms with Gasteiger partial charge in [-0.2, -0.15) is 0 Å². The summed E-state index contributed by atoms with van der Waals surface area (Å²) in [4.78, 5) is 24.9. The van der Waals surface area contributed by atoms with Crippen molar-refractivity contribution in [2.24, 2.45) is 0 Å². The summed E-state index contributed by atoms with van der Waals surface area (Å²) in [6.07, 6.45) is 1.66. The molecule has 3 rings (SSSR count). The summed E-state index contributed by atoms with van der Waals surface area (Å²) in [5.41, 5.74) is 2.76. The van der Waals surface area contributed by atoms with Crippen LogP contribution in [-0.2, 0) is 9.59 Å². The van der Waals surface area contributed by atoms with E-state index in [1.807, 2.05) is 19.1 Å². The van der Waals surface area contributed by atoms with Gasteiger partial charge in [0.2, 0.25) is 5.91 Å². The number of amides is 2. The van der Waals surface area contributed by atoms with Crippen molar-refractivity contribution < 1.29 is 19.1 Å². The Hall–Kier alpha value is -2.99. The van der Waals surface area contributed by atoms with Gasteiger partial charge >= 0.3 is 0 Å². The van der Waals surface area contributed by atoms with Crippen LogP contribution in [0.1, 0.15) is 23.5 Å². The monoisotopic (exact) mass is 400 g/mol. The van der Waals surface area contributed by atoms with Crippen molar-refractivity contribution in [2.45, 2.75) is 19.3 Å². The lowest BCUT2D eigenvalue weighted by Gasteiger charge is -2.24. The Balaban J connectivity index is 1.90. The molecule has 2 aromatic carbocycles. The molecule has 0 aliphatic carbocycles. The highest BCUT2D eigenvalue weighted by Gasteiger charge is 2.29. The number of rotatable bonds is 5. The fourth-order valence-corrected chi connectivity index (χ4v) is 3.27. The van der Waals surface area contributed by atoms with Crippen molar-refractivity contribution >= 4 is 29.1 Å². The number of nitrogens with one attached hydrogen (secondary N) is 2. The van der Waals surface area contributed by atoms with E-state index in [-0.39, 0.29) is 24.2 Å². The van der Waals surface area contributed by atoms with Gasteiger partial charge in [0, 0.05) is 40.9 Å². The molecule has 1 heterocycles. The van der Waals surface area contributed by atoms with Gasteiger partial charge in [0.1, 0.15) is 0 Å². The highest BCUT2D eigenvalue weighted by molar-refractivity contribution is 6.30. The summed E-state index contributed by atoms with van der Waals surface area (Å²) in [7, 11) is 3.09. The fourth-order valence-electron chi connectivity index (χ4n) is 3.14. The van der Waals surface area contributed by atoms with Crippen LogP contribution < -0.4 is 20.1 Å². The Morgan fingerprint density at radius 1 is 1.14 bits per heavy atom. The van der Waals surface area contributed by atoms with Gasteiger partial charge in [-0.3, -0.25) is 9.59 Å². The van der Waals surface area contributed by atoms with Crippen LogP contribution in [0, 0.1) is 6.92 Å². The van der Waals surface area contributed by atoms with Crippen LogP contribution in [0.4, 0.5) is 5.69 Å². The number of aryl methyl sites for hydroxylation is 1. The fraction of sp³-hybridized carbons (Fsp3) is 0.238. The predicted octanol–water partition coefficient (Wildman–Crippen LogP) is 3.79. The number of anilines is 1. The number of halogens is 1. The molecule has 0 unspecified atom stereocenters. The van der Waals surface area contributed by atoms with Crippen LogP contribution in [0.2, 0.25) is 5.02 Å². The van der Waals surface area contributed by atoms with Crippen LogP contribution in [0.25, 0.3) is 0 Å². The first-order valence-electron chi connectivity index (χ1n) is 8.71. The summed E-state index contributed by atoms with van der Waals surface area (Å²) in [6.45, 7) is 1.87.